The number of nitrogens with zero attached hydrogens (tertiary/aromatic N) is 1. The minimum absolute atomic E-state index is 0.698. The van der Waals surface area contributed by atoms with Crippen molar-refractivity contribution in [3.63, 3.8) is 0 Å². The molecular formula is C16H15Cl2N. The van der Waals surface area contributed by atoms with Crippen LogP contribution >= 0.6 is 23.2 Å². The zero-order valence-corrected chi connectivity index (χ0v) is 12.5. The molecule has 0 aliphatic heterocycles. The molecule has 0 radical (unpaired) electrons. The number of allylic oxidation sites excluding steroid dienone is 1. The van der Waals surface area contributed by atoms with Crippen molar-refractivity contribution in [2.24, 2.45) is 0 Å². The fourth-order valence-electron chi connectivity index (χ4n) is 2.05. The number of benzene rings is 1. The van der Waals surface area contributed by atoms with Crippen molar-refractivity contribution in [1.29, 1.82) is 0 Å². The Labute approximate surface area is 123 Å². The van der Waals surface area contributed by atoms with E-state index in [2.05, 4.69) is 11.6 Å². The Bertz CT molecular complexity index is 618. The molecule has 0 saturated carbocycles. The second kappa shape index (κ2) is 5.77. The molecule has 19 heavy (non-hydrogen) atoms. The molecule has 3 heteroatoms. The van der Waals surface area contributed by atoms with E-state index in [1.54, 1.807) is 6.20 Å². The predicted octanol–water partition coefficient (Wildman–Crippen LogP) is 5.26. The molecule has 0 atom stereocenters. The number of pyridine rings is 1. The molecule has 0 aliphatic rings. The SMILES string of the molecule is C=C(Cc1cc(C)c(Cl)c(C)c1Cl)c1cccnc1. The molecule has 98 valence electrons. The van der Waals surface area contributed by atoms with Crippen LogP contribution in [0.15, 0.2) is 37.2 Å². The topological polar surface area (TPSA) is 12.9 Å². The van der Waals surface area contributed by atoms with Crippen molar-refractivity contribution >= 4 is 28.8 Å². The van der Waals surface area contributed by atoms with Gasteiger partial charge in [-0.05, 0) is 54.2 Å². The summed E-state index contributed by atoms with van der Waals surface area (Å²) in [5.74, 6) is 0. The van der Waals surface area contributed by atoms with E-state index in [0.717, 1.165) is 37.9 Å². The van der Waals surface area contributed by atoms with Gasteiger partial charge in [-0.15, -0.1) is 0 Å². The van der Waals surface area contributed by atoms with E-state index in [4.69, 9.17) is 23.2 Å². The van der Waals surface area contributed by atoms with Crippen molar-refractivity contribution < 1.29 is 0 Å². The zero-order valence-electron chi connectivity index (χ0n) is 11.0. The van der Waals surface area contributed by atoms with E-state index in [0.29, 0.717) is 6.42 Å². The molecule has 2 rings (SSSR count). The summed E-state index contributed by atoms with van der Waals surface area (Å²) in [6, 6.07) is 5.93. The van der Waals surface area contributed by atoms with Crippen LogP contribution in [0.25, 0.3) is 5.57 Å². The van der Waals surface area contributed by atoms with E-state index in [-0.39, 0.29) is 0 Å². The molecule has 0 unspecified atom stereocenters. The molecule has 0 aliphatic carbocycles. The number of rotatable bonds is 3. The van der Waals surface area contributed by atoms with E-state index in [1.807, 2.05) is 38.2 Å². The van der Waals surface area contributed by atoms with Gasteiger partial charge in [0.15, 0.2) is 0 Å². The van der Waals surface area contributed by atoms with Crippen LogP contribution in [0.5, 0.6) is 0 Å². The monoisotopic (exact) mass is 291 g/mol. The van der Waals surface area contributed by atoms with Crippen LogP contribution in [0, 0.1) is 13.8 Å². The van der Waals surface area contributed by atoms with Gasteiger partial charge in [0.05, 0.1) is 0 Å². The number of halogens is 2. The van der Waals surface area contributed by atoms with Crippen LogP contribution in [0.2, 0.25) is 10.0 Å². The number of aryl methyl sites for hydroxylation is 1. The van der Waals surface area contributed by atoms with Crippen LogP contribution in [0.3, 0.4) is 0 Å². The summed E-state index contributed by atoms with van der Waals surface area (Å²) in [7, 11) is 0. The molecule has 1 aromatic carbocycles. The average molecular weight is 292 g/mol. The Kier molecular flexibility index (Phi) is 4.28. The second-order valence-electron chi connectivity index (χ2n) is 4.63. The Morgan fingerprint density at radius 3 is 2.63 bits per heavy atom. The standard InChI is InChI=1S/C16H15Cl2N/c1-10(13-5-4-6-19-9-13)7-14-8-11(2)15(17)12(3)16(14)18/h4-6,8-9H,1,7H2,2-3H3. The summed E-state index contributed by atoms with van der Waals surface area (Å²) in [6.45, 7) is 8.04. The Morgan fingerprint density at radius 1 is 1.26 bits per heavy atom. The van der Waals surface area contributed by atoms with Crippen LogP contribution in [0.4, 0.5) is 0 Å². The predicted molar refractivity (Wildman–Crippen MR) is 82.9 cm³/mol. The fourth-order valence-corrected chi connectivity index (χ4v) is 2.47. The van der Waals surface area contributed by atoms with Crippen molar-refractivity contribution in [1.82, 2.24) is 4.98 Å². The third kappa shape index (κ3) is 2.99. The maximum atomic E-state index is 6.36. The molecule has 1 nitrogen and oxygen atoms in total. The number of hydrogen-bond donors (Lipinski definition) is 0. The highest BCUT2D eigenvalue weighted by Crippen LogP contribution is 2.32. The molecule has 2 aromatic rings. The summed E-state index contributed by atoms with van der Waals surface area (Å²) < 4.78 is 0. The summed E-state index contributed by atoms with van der Waals surface area (Å²) in [4.78, 5) is 4.10. The molecule has 1 aromatic heterocycles. The first-order valence-corrected chi connectivity index (χ1v) is 6.78. The first-order valence-electron chi connectivity index (χ1n) is 6.03. The van der Waals surface area contributed by atoms with E-state index >= 15 is 0 Å². The van der Waals surface area contributed by atoms with E-state index in [9.17, 15) is 0 Å². The normalized spacial score (nSPS) is 10.5. The fraction of sp³-hybridized carbons (Fsp3) is 0.188. The lowest BCUT2D eigenvalue weighted by atomic mass is 9.98. The van der Waals surface area contributed by atoms with Gasteiger partial charge >= 0.3 is 0 Å². The Morgan fingerprint density at radius 2 is 2.00 bits per heavy atom. The van der Waals surface area contributed by atoms with Gasteiger partial charge in [-0.1, -0.05) is 41.9 Å². The maximum Gasteiger partial charge on any atom is 0.0485 e. The lowest BCUT2D eigenvalue weighted by Crippen LogP contribution is -1.95. The first kappa shape index (κ1) is 14.1. The van der Waals surface area contributed by atoms with Gasteiger partial charge in [-0.25, -0.2) is 0 Å². The lowest BCUT2D eigenvalue weighted by Gasteiger charge is -2.13. The molecular weight excluding hydrogens is 277 g/mol. The quantitative estimate of drug-likeness (QED) is 0.751. The van der Waals surface area contributed by atoms with Crippen molar-refractivity contribution in [3.8, 4) is 0 Å². The van der Waals surface area contributed by atoms with Crippen molar-refractivity contribution in [3.05, 3.63) is 69.5 Å². The molecule has 0 spiro atoms. The van der Waals surface area contributed by atoms with Gasteiger partial charge in [-0.3, -0.25) is 4.98 Å². The maximum absolute atomic E-state index is 6.36. The van der Waals surface area contributed by atoms with Crippen LogP contribution < -0.4 is 0 Å². The summed E-state index contributed by atoms with van der Waals surface area (Å²) in [6.07, 6.45) is 4.26. The Balaban J connectivity index is 2.32. The Hall–Kier alpha value is -1.31. The highest BCUT2D eigenvalue weighted by Gasteiger charge is 2.11. The van der Waals surface area contributed by atoms with Crippen LogP contribution in [-0.4, -0.2) is 4.98 Å². The van der Waals surface area contributed by atoms with E-state index in [1.165, 1.54) is 0 Å². The molecule has 0 saturated heterocycles. The van der Waals surface area contributed by atoms with Crippen LogP contribution in [-0.2, 0) is 6.42 Å². The third-order valence-electron chi connectivity index (χ3n) is 3.15. The highest BCUT2D eigenvalue weighted by atomic mass is 35.5. The van der Waals surface area contributed by atoms with Gasteiger partial charge < -0.3 is 0 Å². The van der Waals surface area contributed by atoms with Crippen molar-refractivity contribution in [2.45, 2.75) is 20.3 Å². The van der Waals surface area contributed by atoms with E-state index < -0.39 is 0 Å². The van der Waals surface area contributed by atoms with Gasteiger partial charge in [0.1, 0.15) is 0 Å². The van der Waals surface area contributed by atoms with Gasteiger partial charge in [0.2, 0.25) is 0 Å². The summed E-state index contributed by atoms with van der Waals surface area (Å²) in [5.41, 5.74) is 5.05. The molecule has 0 bridgehead atoms. The third-order valence-corrected chi connectivity index (χ3v) is 4.26. The average Bonchev–Trinajstić information content (AvgIpc) is 2.43. The molecule has 0 fully saturated rings. The molecule has 0 amide bonds. The highest BCUT2D eigenvalue weighted by molar-refractivity contribution is 6.36. The smallest absolute Gasteiger partial charge is 0.0485 e. The van der Waals surface area contributed by atoms with Crippen molar-refractivity contribution in [2.75, 3.05) is 0 Å². The summed E-state index contributed by atoms with van der Waals surface area (Å²) >= 11 is 12.6. The zero-order chi connectivity index (χ0) is 14.0. The van der Waals surface area contributed by atoms with Crippen LogP contribution in [0.1, 0.15) is 22.3 Å². The minimum Gasteiger partial charge on any atom is -0.264 e. The first-order chi connectivity index (χ1) is 9.00. The lowest BCUT2D eigenvalue weighted by molar-refractivity contribution is 1.22. The largest absolute Gasteiger partial charge is 0.264 e. The molecule has 0 N–H and O–H groups in total. The van der Waals surface area contributed by atoms with Gasteiger partial charge in [-0.2, -0.15) is 0 Å². The number of aromatic nitrogens is 1. The van der Waals surface area contributed by atoms with Gasteiger partial charge in [0.25, 0.3) is 0 Å². The minimum atomic E-state index is 0.698. The second-order valence-corrected chi connectivity index (χ2v) is 5.38. The van der Waals surface area contributed by atoms with Gasteiger partial charge in [0, 0.05) is 22.4 Å². The molecule has 1 heterocycles. The number of hydrogen-bond acceptors (Lipinski definition) is 1. The summed E-state index contributed by atoms with van der Waals surface area (Å²) in [5, 5.41) is 1.46.